The molecule has 0 bridgehead atoms. The second-order valence-electron chi connectivity index (χ2n) is 3.58. The summed E-state index contributed by atoms with van der Waals surface area (Å²) in [4.78, 5) is 0. The maximum Gasteiger partial charge on any atom is 0.159 e. The molecule has 0 aliphatic rings. The van der Waals surface area contributed by atoms with Gasteiger partial charge in [-0.05, 0) is 23.8 Å². The van der Waals surface area contributed by atoms with Crippen LogP contribution in [-0.2, 0) is 0 Å². The quantitative estimate of drug-likeness (QED) is 0.923. The lowest BCUT2D eigenvalue weighted by Crippen LogP contribution is -1.95. The van der Waals surface area contributed by atoms with Crippen LogP contribution >= 0.6 is 11.6 Å². The minimum Gasteiger partial charge on any atom is -0.497 e. The van der Waals surface area contributed by atoms with Crippen molar-refractivity contribution in [1.82, 2.24) is 10.2 Å². The van der Waals surface area contributed by atoms with Gasteiger partial charge in [0, 0.05) is 11.6 Å². The van der Waals surface area contributed by atoms with Gasteiger partial charge in [-0.1, -0.05) is 11.6 Å². The Balaban J connectivity index is 2.58. The highest BCUT2D eigenvalue weighted by atomic mass is 35.5. The summed E-state index contributed by atoms with van der Waals surface area (Å²) in [5, 5.41) is 7.74. The largest absolute Gasteiger partial charge is 0.497 e. The highest BCUT2D eigenvalue weighted by molar-refractivity contribution is 6.32. The predicted molar refractivity (Wildman–Crippen MR) is 70.0 cm³/mol. The number of rotatable bonds is 3. The van der Waals surface area contributed by atoms with Crippen LogP contribution in [0, 0.1) is 0 Å². The number of aromatic nitrogens is 2. The van der Waals surface area contributed by atoms with E-state index in [1.165, 1.54) is 0 Å². The molecule has 5 nitrogen and oxygen atoms in total. The van der Waals surface area contributed by atoms with Crippen molar-refractivity contribution in [3.05, 3.63) is 29.4 Å². The van der Waals surface area contributed by atoms with E-state index in [4.69, 9.17) is 26.8 Å². The summed E-state index contributed by atoms with van der Waals surface area (Å²) in [6, 6.07) is 7.08. The van der Waals surface area contributed by atoms with Gasteiger partial charge in [-0.3, -0.25) is 0 Å². The molecule has 0 aliphatic heterocycles. The van der Waals surface area contributed by atoms with E-state index in [0.29, 0.717) is 22.9 Å². The molecule has 2 aromatic rings. The van der Waals surface area contributed by atoms with Gasteiger partial charge in [0.05, 0.1) is 14.2 Å². The molecular weight excluding hydrogens is 254 g/mol. The molecule has 0 amide bonds. The van der Waals surface area contributed by atoms with E-state index in [9.17, 15) is 0 Å². The van der Waals surface area contributed by atoms with Gasteiger partial charge >= 0.3 is 0 Å². The molecule has 0 unspecified atom stereocenters. The van der Waals surface area contributed by atoms with Crippen LogP contribution in [0.1, 0.15) is 0 Å². The fraction of sp³-hybridized carbons (Fsp3) is 0.167. The summed E-state index contributed by atoms with van der Waals surface area (Å²) in [6.07, 6.45) is 0. The Morgan fingerprint density at radius 3 is 2.17 bits per heavy atom. The SMILES string of the molecule is COc1cc(OC)cc(-c2cc(N)nnc2Cl)c1. The van der Waals surface area contributed by atoms with Crippen LogP contribution < -0.4 is 15.2 Å². The van der Waals surface area contributed by atoms with E-state index in [2.05, 4.69) is 10.2 Å². The lowest BCUT2D eigenvalue weighted by molar-refractivity contribution is 0.394. The minimum absolute atomic E-state index is 0.277. The van der Waals surface area contributed by atoms with Gasteiger partial charge in [0.15, 0.2) is 5.15 Å². The molecule has 2 N–H and O–H groups in total. The van der Waals surface area contributed by atoms with Crippen LogP contribution in [0.2, 0.25) is 5.15 Å². The third-order valence-electron chi connectivity index (χ3n) is 2.43. The third kappa shape index (κ3) is 2.46. The number of ether oxygens (including phenoxy) is 2. The zero-order valence-corrected chi connectivity index (χ0v) is 10.7. The molecule has 18 heavy (non-hydrogen) atoms. The van der Waals surface area contributed by atoms with Crippen LogP contribution in [0.15, 0.2) is 24.3 Å². The molecule has 0 aliphatic carbocycles. The number of nitrogens with zero attached hydrogens (tertiary/aromatic N) is 2. The van der Waals surface area contributed by atoms with Crippen molar-refractivity contribution in [3.8, 4) is 22.6 Å². The van der Waals surface area contributed by atoms with Crippen molar-refractivity contribution in [2.75, 3.05) is 20.0 Å². The van der Waals surface area contributed by atoms with Gasteiger partial charge in [0.25, 0.3) is 0 Å². The minimum atomic E-state index is 0.277. The van der Waals surface area contributed by atoms with E-state index in [0.717, 1.165) is 5.56 Å². The molecule has 0 saturated carbocycles. The molecule has 1 aromatic carbocycles. The first-order chi connectivity index (χ1) is 8.63. The zero-order valence-electron chi connectivity index (χ0n) is 9.98. The summed E-state index contributed by atoms with van der Waals surface area (Å²) in [5.74, 6) is 1.63. The van der Waals surface area contributed by atoms with Gasteiger partial charge in [0.2, 0.25) is 0 Å². The molecule has 0 spiro atoms. The van der Waals surface area contributed by atoms with Crippen LogP contribution in [-0.4, -0.2) is 24.4 Å². The molecule has 0 atom stereocenters. The van der Waals surface area contributed by atoms with Gasteiger partial charge < -0.3 is 15.2 Å². The average Bonchev–Trinajstić information content (AvgIpc) is 2.40. The Hall–Kier alpha value is -2.01. The summed E-state index contributed by atoms with van der Waals surface area (Å²) in [6.45, 7) is 0. The van der Waals surface area contributed by atoms with E-state index < -0.39 is 0 Å². The molecule has 0 radical (unpaired) electrons. The topological polar surface area (TPSA) is 70.3 Å². The number of methoxy groups -OCH3 is 2. The number of hydrogen-bond donors (Lipinski definition) is 1. The molecular formula is C12H12ClN3O2. The zero-order chi connectivity index (χ0) is 13.1. The highest BCUT2D eigenvalue weighted by Gasteiger charge is 2.10. The van der Waals surface area contributed by atoms with Crippen molar-refractivity contribution in [2.24, 2.45) is 0 Å². The number of halogens is 1. The van der Waals surface area contributed by atoms with Gasteiger partial charge in [-0.25, -0.2) is 0 Å². The number of nitrogen functional groups attached to an aromatic ring is 1. The first kappa shape index (κ1) is 12.4. The summed E-state index contributed by atoms with van der Waals surface area (Å²) < 4.78 is 10.4. The number of anilines is 1. The summed E-state index contributed by atoms with van der Waals surface area (Å²) in [7, 11) is 3.17. The number of nitrogens with two attached hydrogens (primary N) is 1. The Kier molecular flexibility index (Phi) is 3.53. The molecule has 1 heterocycles. The Morgan fingerprint density at radius 2 is 1.61 bits per heavy atom. The second-order valence-corrected chi connectivity index (χ2v) is 3.93. The lowest BCUT2D eigenvalue weighted by Gasteiger charge is -2.09. The van der Waals surface area contributed by atoms with Crippen molar-refractivity contribution in [2.45, 2.75) is 0 Å². The average molecular weight is 266 g/mol. The Morgan fingerprint density at radius 1 is 1.00 bits per heavy atom. The maximum absolute atomic E-state index is 6.01. The fourth-order valence-corrected chi connectivity index (χ4v) is 1.76. The van der Waals surface area contributed by atoms with Crippen molar-refractivity contribution < 1.29 is 9.47 Å². The smallest absolute Gasteiger partial charge is 0.159 e. The van der Waals surface area contributed by atoms with Crippen molar-refractivity contribution >= 4 is 17.4 Å². The van der Waals surface area contributed by atoms with Crippen molar-refractivity contribution in [1.29, 1.82) is 0 Å². The van der Waals surface area contributed by atoms with E-state index >= 15 is 0 Å². The maximum atomic E-state index is 6.01. The fourth-order valence-electron chi connectivity index (χ4n) is 1.56. The van der Waals surface area contributed by atoms with Gasteiger partial charge in [-0.2, -0.15) is 0 Å². The summed E-state index contributed by atoms with van der Waals surface area (Å²) in [5.41, 5.74) is 7.10. The van der Waals surface area contributed by atoms with Crippen LogP contribution in [0.25, 0.3) is 11.1 Å². The first-order valence-electron chi connectivity index (χ1n) is 5.16. The second kappa shape index (κ2) is 5.10. The standard InChI is InChI=1S/C12H12ClN3O2/c1-17-8-3-7(4-9(5-8)18-2)10-6-11(14)15-16-12(10)13/h3-6H,1-2H3,(H2,14,15). The van der Waals surface area contributed by atoms with Crippen molar-refractivity contribution in [3.63, 3.8) is 0 Å². The monoisotopic (exact) mass is 265 g/mol. The normalized spacial score (nSPS) is 10.2. The molecule has 94 valence electrons. The lowest BCUT2D eigenvalue weighted by atomic mass is 10.1. The molecule has 6 heteroatoms. The van der Waals surface area contributed by atoms with E-state index in [-0.39, 0.29) is 5.15 Å². The van der Waals surface area contributed by atoms with Gasteiger partial charge in [-0.15, -0.1) is 10.2 Å². The highest BCUT2D eigenvalue weighted by Crippen LogP contribution is 2.33. The number of hydrogen-bond acceptors (Lipinski definition) is 5. The Labute approximate surface area is 109 Å². The van der Waals surface area contributed by atoms with Gasteiger partial charge in [0.1, 0.15) is 17.3 Å². The Bertz CT molecular complexity index is 553. The van der Waals surface area contributed by atoms with Crippen LogP contribution in [0.5, 0.6) is 11.5 Å². The predicted octanol–water partition coefficient (Wildman–Crippen LogP) is 2.40. The summed E-state index contributed by atoms with van der Waals surface area (Å²) >= 11 is 6.01. The third-order valence-corrected chi connectivity index (χ3v) is 2.71. The molecule has 2 rings (SSSR count). The van der Waals surface area contributed by atoms with Crippen LogP contribution in [0.4, 0.5) is 5.82 Å². The molecule has 1 aromatic heterocycles. The van der Waals surface area contributed by atoms with Crippen LogP contribution in [0.3, 0.4) is 0 Å². The molecule has 0 saturated heterocycles. The van der Waals surface area contributed by atoms with E-state index in [1.807, 2.05) is 12.1 Å². The molecule has 0 fully saturated rings. The first-order valence-corrected chi connectivity index (χ1v) is 5.54. The number of benzene rings is 1. The van der Waals surface area contributed by atoms with E-state index in [1.54, 1.807) is 26.4 Å².